The summed E-state index contributed by atoms with van der Waals surface area (Å²) < 4.78 is 35.6. The molecule has 2 spiro atoms. The van der Waals surface area contributed by atoms with E-state index in [-0.39, 0.29) is 44.8 Å². The standard InChI is InChI=1S/C38H60O18.C20H30O3/c1-16-11-37-9-5-20-35(2,7-4-8-36(20,3)34(50)55-32-29(49)26(46)23(43)18(13-40)52-32)21(37)6-10-38(16,15-37)56-33-30(27(47)24(44)19(14-41)53-33)54-31-28(48)25(45)22(42)17(12-39)51-31;1-17-9-5-14-18(2)7-4-8-19(3,16(22)23)13(18)6-10-20(14,12-17)11-15(17)21/h17-33,39-49H,1,4-15H2,2-3H3;13-14H,4-12H2,1-3H3,(H,22,23)/t17?,18?,19?,20?,21?,22?,23?,24?,25?,26?,27?,28?,29?,30?,31?,32?,33?,35-,36-,37-,38+;13?,14?,17-,18+,19+,20-/m10/s1. The van der Waals surface area contributed by atoms with Crippen molar-refractivity contribution in [3.8, 4) is 0 Å². The van der Waals surface area contributed by atoms with Gasteiger partial charge in [0.05, 0.1) is 36.3 Å². The summed E-state index contributed by atoms with van der Waals surface area (Å²) in [6.45, 7) is 13.1. The van der Waals surface area contributed by atoms with Gasteiger partial charge in [0.1, 0.15) is 79.0 Å². The van der Waals surface area contributed by atoms with Crippen LogP contribution in [0, 0.1) is 61.6 Å². The third kappa shape index (κ3) is 9.26. The number of rotatable bonds is 10. The zero-order valence-corrected chi connectivity index (χ0v) is 46.6. The summed E-state index contributed by atoms with van der Waals surface area (Å²) >= 11 is 0. The topological polar surface area (TPSA) is 349 Å². The summed E-state index contributed by atoms with van der Waals surface area (Å²) in [7, 11) is 0. The van der Waals surface area contributed by atoms with E-state index < -0.39 is 140 Å². The fourth-order valence-corrected chi connectivity index (χ4v) is 19.8. The Bertz CT molecular complexity index is 2320. The maximum atomic E-state index is 14.1. The molecule has 21 nitrogen and oxygen atoms in total. The first-order chi connectivity index (χ1) is 37.1. The molecule has 0 amide bonds. The first-order valence-corrected chi connectivity index (χ1v) is 29.3. The van der Waals surface area contributed by atoms with Gasteiger partial charge in [0.2, 0.25) is 6.29 Å². The van der Waals surface area contributed by atoms with Crippen LogP contribution < -0.4 is 0 Å². The summed E-state index contributed by atoms with van der Waals surface area (Å²) in [4.78, 5) is 38.8. The third-order valence-electron chi connectivity index (χ3n) is 23.8. The van der Waals surface area contributed by atoms with E-state index in [4.69, 9.17) is 28.4 Å². The summed E-state index contributed by atoms with van der Waals surface area (Å²) in [5.74, 6) is 0.113. The lowest BCUT2D eigenvalue weighted by Crippen LogP contribution is -2.65. The molecule has 11 rings (SSSR count). The van der Waals surface area contributed by atoms with E-state index in [0.29, 0.717) is 56.6 Å². The normalized spacial score (nSPS) is 54.8. The number of ketones is 1. The molecule has 0 aromatic carbocycles. The second-order valence-corrected chi connectivity index (χ2v) is 28.0. The van der Waals surface area contributed by atoms with Crippen LogP contribution in [0.1, 0.15) is 150 Å². The minimum atomic E-state index is -1.81. The van der Waals surface area contributed by atoms with Crippen LogP contribution in [0.4, 0.5) is 0 Å². The maximum Gasteiger partial charge on any atom is 0.314 e. The van der Waals surface area contributed by atoms with Gasteiger partial charge in [-0.25, -0.2) is 0 Å². The van der Waals surface area contributed by atoms with Gasteiger partial charge in [-0.15, -0.1) is 0 Å². The van der Waals surface area contributed by atoms with E-state index in [1.165, 1.54) is 0 Å². The summed E-state index contributed by atoms with van der Waals surface area (Å²) in [6, 6.07) is 0. The molecule has 19 unspecified atom stereocenters. The highest BCUT2D eigenvalue weighted by molar-refractivity contribution is 5.88. The van der Waals surface area contributed by atoms with Gasteiger partial charge in [-0.1, -0.05) is 40.2 Å². The molecule has 4 bridgehead atoms. The van der Waals surface area contributed by atoms with Crippen LogP contribution in [-0.2, 0) is 42.8 Å². The Labute approximate surface area is 461 Å². The fourth-order valence-electron chi connectivity index (χ4n) is 19.8. The monoisotopic (exact) mass is 1120 g/mol. The summed E-state index contributed by atoms with van der Waals surface area (Å²) in [6.07, 6.45) is -8.80. The van der Waals surface area contributed by atoms with E-state index in [2.05, 4.69) is 27.4 Å². The second kappa shape index (κ2) is 21.0. The zero-order valence-electron chi connectivity index (χ0n) is 46.6. The molecule has 21 heteroatoms. The fraction of sp³-hybridized carbons (Fsp3) is 0.914. The van der Waals surface area contributed by atoms with Crippen molar-refractivity contribution < 1.29 is 104 Å². The van der Waals surface area contributed by atoms with E-state index in [0.717, 1.165) is 76.2 Å². The third-order valence-corrected chi connectivity index (χ3v) is 23.8. The molecule has 3 saturated heterocycles. The molecular formula is C58H90O21. The van der Waals surface area contributed by atoms with Crippen LogP contribution in [0.25, 0.3) is 0 Å². The number of hydrogen-bond donors (Lipinski definition) is 12. The van der Waals surface area contributed by atoms with Crippen molar-refractivity contribution in [1.29, 1.82) is 0 Å². The Morgan fingerprint density at radius 2 is 1.01 bits per heavy atom. The number of fused-ring (bicyclic) bond motifs is 6. The van der Waals surface area contributed by atoms with Crippen molar-refractivity contribution in [1.82, 2.24) is 0 Å². The van der Waals surface area contributed by atoms with Crippen LogP contribution in [-0.4, -0.2) is 197 Å². The average Bonchev–Trinajstić information content (AvgIpc) is 3.85. The van der Waals surface area contributed by atoms with E-state index in [1.807, 2.05) is 13.8 Å². The number of esters is 1. The number of ether oxygens (including phenoxy) is 6. The number of aliphatic hydroxyl groups is 11. The minimum absolute atomic E-state index is 0.0789. The van der Waals surface area contributed by atoms with Crippen LogP contribution in [0.2, 0.25) is 0 Å². The van der Waals surface area contributed by atoms with Crippen LogP contribution in [0.5, 0.6) is 0 Å². The zero-order chi connectivity index (χ0) is 57.4. The molecule has 8 saturated carbocycles. The Hall–Kier alpha value is -2.29. The van der Waals surface area contributed by atoms with Gasteiger partial charge in [0, 0.05) is 11.8 Å². The molecule has 0 aromatic heterocycles. The van der Waals surface area contributed by atoms with E-state index >= 15 is 0 Å². The van der Waals surface area contributed by atoms with Gasteiger partial charge in [0.15, 0.2) is 12.6 Å². The summed E-state index contributed by atoms with van der Waals surface area (Å²) in [5, 5.41) is 124. The number of carboxylic acid groups (broad SMARTS) is 1. The van der Waals surface area contributed by atoms with Gasteiger partial charge in [-0.3, -0.25) is 14.4 Å². The quantitative estimate of drug-likeness (QED) is 0.0838. The smallest absolute Gasteiger partial charge is 0.314 e. The number of carboxylic acids is 1. The lowest BCUT2D eigenvalue weighted by molar-refractivity contribution is -0.378. The predicted octanol–water partition coefficient (Wildman–Crippen LogP) is 1.51. The predicted molar refractivity (Wildman–Crippen MR) is 274 cm³/mol. The Balaban J connectivity index is 0.000000253. The Kier molecular flexibility index (Phi) is 15.9. The van der Waals surface area contributed by atoms with Crippen LogP contribution in [0.15, 0.2) is 12.2 Å². The molecule has 448 valence electrons. The second-order valence-electron chi connectivity index (χ2n) is 28.0. The summed E-state index contributed by atoms with van der Waals surface area (Å²) in [5.41, 5.74) is -2.16. The molecule has 0 aromatic rings. The first kappa shape index (κ1) is 59.9. The molecule has 27 atom stereocenters. The SMILES string of the molecule is C=C1C[C@@]23CCC4[C@@](C)(CCC[C@@]4(C)C(=O)OC4OC(CO)C(O)C(O)C4O)C2CC[C@]1(OC1OC(CO)C(O)C(O)C1OC1OC(CO)C(O)C(O)C1O)C3.C[C@@]12CCC3[C@@](CCC4[C@@]3(C)CCC[C@@]4(C)C(=O)O)(CC1=O)C2. The van der Waals surface area contributed by atoms with Crippen molar-refractivity contribution in [2.75, 3.05) is 19.8 Å². The van der Waals surface area contributed by atoms with E-state index in [9.17, 15) is 75.7 Å². The number of aliphatic hydroxyl groups excluding tert-OH is 11. The molecule has 3 heterocycles. The highest BCUT2D eigenvalue weighted by Crippen LogP contribution is 2.75. The van der Waals surface area contributed by atoms with Gasteiger partial charge in [-0.05, 0) is 161 Å². The molecule has 0 radical (unpaired) electrons. The first-order valence-electron chi connectivity index (χ1n) is 29.3. The highest BCUT2D eigenvalue weighted by atomic mass is 16.8. The molecule has 12 N–H and O–H groups in total. The lowest BCUT2D eigenvalue weighted by Gasteiger charge is -2.64. The number of Topliss-reactive ketones (excluding diaryl/α,β-unsaturated/α-hetero) is 1. The van der Waals surface area contributed by atoms with Gasteiger partial charge in [0.25, 0.3) is 0 Å². The highest BCUT2D eigenvalue weighted by Gasteiger charge is 2.71. The molecule has 3 aliphatic heterocycles. The molecule has 11 aliphatic rings. The van der Waals surface area contributed by atoms with Gasteiger partial charge >= 0.3 is 11.9 Å². The average molecular weight is 1120 g/mol. The van der Waals surface area contributed by atoms with Crippen LogP contribution in [0.3, 0.4) is 0 Å². The van der Waals surface area contributed by atoms with Gasteiger partial charge < -0.3 is 89.7 Å². The van der Waals surface area contributed by atoms with Crippen molar-refractivity contribution in [2.45, 2.75) is 248 Å². The largest absolute Gasteiger partial charge is 0.481 e. The van der Waals surface area contributed by atoms with Crippen LogP contribution >= 0.6 is 0 Å². The Morgan fingerprint density at radius 3 is 1.57 bits per heavy atom. The number of carbonyl (C=O) groups excluding carboxylic acids is 2. The Morgan fingerprint density at radius 1 is 0.544 bits per heavy atom. The minimum Gasteiger partial charge on any atom is -0.481 e. The molecule has 8 aliphatic carbocycles. The van der Waals surface area contributed by atoms with Crippen molar-refractivity contribution in [3.63, 3.8) is 0 Å². The van der Waals surface area contributed by atoms with Crippen molar-refractivity contribution in [3.05, 3.63) is 12.2 Å². The number of hydrogen-bond acceptors (Lipinski definition) is 20. The number of carbonyl (C=O) groups is 3. The molecule has 11 fully saturated rings. The van der Waals surface area contributed by atoms with Gasteiger partial charge in [-0.2, -0.15) is 0 Å². The van der Waals surface area contributed by atoms with Crippen molar-refractivity contribution in [2.24, 2.45) is 61.6 Å². The molecule has 79 heavy (non-hydrogen) atoms. The number of aliphatic carboxylic acids is 1. The lowest BCUT2D eigenvalue weighted by atomic mass is 9.40. The maximum absolute atomic E-state index is 14.1. The molecular weight excluding hydrogens is 1030 g/mol. The van der Waals surface area contributed by atoms with E-state index in [1.54, 1.807) is 0 Å². The van der Waals surface area contributed by atoms with Crippen molar-refractivity contribution >= 4 is 17.7 Å².